The Morgan fingerprint density at radius 3 is 2.59 bits per heavy atom. The van der Waals surface area contributed by atoms with E-state index in [4.69, 9.17) is 0 Å². The molecule has 2 N–H and O–H groups in total. The zero-order valence-electron chi connectivity index (χ0n) is 17.0. The van der Waals surface area contributed by atoms with Crippen LogP contribution in [-0.2, 0) is 13.1 Å². The topological polar surface area (TPSA) is 52.6 Å². The zero-order valence-corrected chi connectivity index (χ0v) is 19.4. The highest BCUT2D eigenvalue weighted by atomic mass is 127. The third-order valence-electron chi connectivity index (χ3n) is 4.91. The fourth-order valence-electron chi connectivity index (χ4n) is 3.36. The molecule has 2 aromatic rings. The van der Waals surface area contributed by atoms with Gasteiger partial charge >= 0.3 is 0 Å². The molecule has 0 radical (unpaired) electrons. The Hall–Kier alpha value is -1.90. The molecular formula is C22H31FIN5. The summed E-state index contributed by atoms with van der Waals surface area (Å²) >= 11 is 0. The number of aliphatic imine (C=N–C) groups is 1. The molecule has 5 nitrogen and oxygen atoms in total. The van der Waals surface area contributed by atoms with Gasteiger partial charge in [-0.05, 0) is 43.5 Å². The number of aromatic nitrogens is 1. The molecule has 1 aromatic heterocycles. The molecule has 0 bridgehead atoms. The minimum absolute atomic E-state index is 0. The van der Waals surface area contributed by atoms with Gasteiger partial charge in [0.1, 0.15) is 11.6 Å². The van der Waals surface area contributed by atoms with E-state index in [1.807, 2.05) is 25.3 Å². The van der Waals surface area contributed by atoms with Gasteiger partial charge in [-0.2, -0.15) is 0 Å². The molecule has 3 rings (SSSR count). The first-order valence-corrected chi connectivity index (χ1v) is 10.2. The minimum Gasteiger partial charge on any atom is -0.357 e. The van der Waals surface area contributed by atoms with Crippen molar-refractivity contribution in [2.75, 3.05) is 24.5 Å². The molecule has 7 heteroatoms. The summed E-state index contributed by atoms with van der Waals surface area (Å²) < 4.78 is 13.8. The van der Waals surface area contributed by atoms with Crippen molar-refractivity contribution in [1.82, 2.24) is 15.6 Å². The molecule has 1 aliphatic rings. The number of guanidine groups is 1. The molecule has 1 saturated heterocycles. The molecule has 0 amide bonds. The van der Waals surface area contributed by atoms with Crippen LogP contribution in [0.15, 0.2) is 47.6 Å². The summed E-state index contributed by atoms with van der Waals surface area (Å²) in [5, 5.41) is 6.43. The third-order valence-corrected chi connectivity index (χ3v) is 4.91. The van der Waals surface area contributed by atoms with Crippen molar-refractivity contribution in [3.8, 4) is 0 Å². The second kappa shape index (κ2) is 12.6. The lowest BCUT2D eigenvalue weighted by atomic mass is 10.2. The molecular weight excluding hydrogens is 480 g/mol. The predicted molar refractivity (Wildman–Crippen MR) is 128 cm³/mol. The molecule has 158 valence electrons. The lowest BCUT2D eigenvalue weighted by Gasteiger charge is -2.21. The molecule has 0 atom stereocenters. The van der Waals surface area contributed by atoms with E-state index in [9.17, 15) is 4.39 Å². The van der Waals surface area contributed by atoms with E-state index < -0.39 is 0 Å². The van der Waals surface area contributed by atoms with Crippen molar-refractivity contribution in [1.29, 1.82) is 0 Å². The van der Waals surface area contributed by atoms with E-state index in [0.29, 0.717) is 24.6 Å². The SMILES string of the molecule is CCNC(=NCc1ccnc(N2CCCCCC2)c1)NCc1ccccc1F.I. The number of nitrogens with zero attached hydrogens (tertiary/aromatic N) is 3. The van der Waals surface area contributed by atoms with Gasteiger partial charge in [-0.15, -0.1) is 24.0 Å². The van der Waals surface area contributed by atoms with Crippen molar-refractivity contribution in [2.45, 2.75) is 45.7 Å². The van der Waals surface area contributed by atoms with Crippen LogP contribution in [0.5, 0.6) is 0 Å². The number of nitrogens with one attached hydrogen (secondary N) is 2. The average molecular weight is 511 g/mol. The van der Waals surface area contributed by atoms with Crippen LogP contribution in [-0.4, -0.2) is 30.6 Å². The summed E-state index contributed by atoms with van der Waals surface area (Å²) in [5.41, 5.74) is 1.75. The standard InChI is InChI=1S/C22H30FN5.HI/c1-2-24-22(27-17-19-9-5-6-10-20(19)23)26-16-18-11-12-25-21(15-18)28-13-7-3-4-8-14-28;/h5-6,9-12,15H,2-4,7-8,13-14,16-17H2,1H3,(H2,24,26,27);1H. The maximum absolute atomic E-state index is 13.8. The van der Waals surface area contributed by atoms with Gasteiger partial charge in [0.25, 0.3) is 0 Å². The van der Waals surface area contributed by atoms with Gasteiger partial charge in [-0.3, -0.25) is 0 Å². The second-order valence-corrected chi connectivity index (χ2v) is 7.06. The van der Waals surface area contributed by atoms with Gasteiger partial charge in [0, 0.05) is 37.9 Å². The summed E-state index contributed by atoms with van der Waals surface area (Å²) in [6.45, 7) is 5.87. The highest BCUT2D eigenvalue weighted by molar-refractivity contribution is 14.0. The molecule has 0 saturated carbocycles. The minimum atomic E-state index is -0.206. The number of anilines is 1. The van der Waals surface area contributed by atoms with Gasteiger partial charge < -0.3 is 15.5 Å². The van der Waals surface area contributed by atoms with Gasteiger partial charge in [-0.1, -0.05) is 31.0 Å². The number of rotatable bonds is 6. The number of pyridine rings is 1. The fourth-order valence-corrected chi connectivity index (χ4v) is 3.36. The van der Waals surface area contributed by atoms with Crippen molar-refractivity contribution < 1.29 is 4.39 Å². The fraction of sp³-hybridized carbons (Fsp3) is 0.455. The summed E-state index contributed by atoms with van der Waals surface area (Å²) in [4.78, 5) is 11.6. The molecule has 1 fully saturated rings. The monoisotopic (exact) mass is 511 g/mol. The van der Waals surface area contributed by atoms with Gasteiger partial charge in [0.2, 0.25) is 0 Å². The summed E-state index contributed by atoms with van der Waals surface area (Å²) in [7, 11) is 0. The first-order chi connectivity index (χ1) is 13.8. The number of halogens is 2. The molecule has 1 aromatic carbocycles. The Morgan fingerprint density at radius 2 is 1.86 bits per heavy atom. The van der Waals surface area contributed by atoms with Crippen LogP contribution in [0.1, 0.15) is 43.7 Å². The highest BCUT2D eigenvalue weighted by Crippen LogP contribution is 2.18. The number of hydrogen-bond acceptors (Lipinski definition) is 3. The quantitative estimate of drug-likeness (QED) is 0.342. The van der Waals surface area contributed by atoms with Crippen LogP contribution in [0.2, 0.25) is 0 Å². The molecule has 0 aliphatic carbocycles. The largest absolute Gasteiger partial charge is 0.357 e. The molecule has 1 aliphatic heterocycles. The Labute approximate surface area is 190 Å². The maximum Gasteiger partial charge on any atom is 0.191 e. The second-order valence-electron chi connectivity index (χ2n) is 7.06. The van der Waals surface area contributed by atoms with E-state index in [-0.39, 0.29) is 29.8 Å². The van der Waals surface area contributed by atoms with E-state index in [2.05, 4.69) is 31.6 Å². The van der Waals surface area contributed by atoms with Crippen molar-refractivity contribution in [2.24, 2.45) is 4.99 Å². The van der Waals surface area contributed by atoms with Crippen molar-refractivity contribution >= 4 is 35.8 Å². The van der Waals surface area contributed by atoms with Crippen LogP contribution >= 0.6 is 24.0 Å². The first-order valence-electron chi connectivity index (χ1n) is 10.2. The molecule has 0 unspecified atom stereocenters. The van der Waals surface area contributed by atoms with Gasteiger partial charge in [0.15, 0.2) is 5.96 Å². The highest BCUT2D eigenvalue weighted by Gasteiger charge is 2.11. The third kappa shape index (κ3) is 7.45. The van der Waals surface area contributed by atoms with Crippen LogP contribution in [0.3, 0.4) is 0 Å². The first kappa shape index (κ1) is 23.4. The van der Waals surface area contributed by atoms with Crippen LogP contribution < -0.4 is 15.5 Å². The van der Waals surface area contributed by atoms with E-state index >= 15 is 0 Å². The summed E-state index contributed by atoms with van der Waals surface area (Å²) in [6.07, 6.45) is 6.94. The Balaban J connectivity index is 0.00000300. The smallest absolute Gasteiger partial charge is 0.191 e. The zero-order chi connectivity index (χ0) is 19.6. The molecule has 29 heavy (non-hydrogen) atoms. The van der Waals surface area contributed by atoms with Crippen LogP contribution in [0.4, 0.5) is 10.2 Å². The Kier molecular flexibility index (Phi) is 10.2. The van der Waals surface area contributed by atoms with E-state index in [1.165, 1.54) is 31.7 Å². The average Bonchev–Trinajstić information content (AvgIpc) is 3.01. The Bertz CT molecular complexity index is 775. The van der Waals surface area contributed by atoms with Crippen LogP contribution in [0.25, 0.3) is 0 Å². The molecule has 2 heterocycles. The normalized spacial score (nSPS) is 14.7. The molecule has 0 spiro atoms. The predicted octanol–water partition coefficient (Wildman–Crippen LogP) is 4.47. The van der Waals surface area contributed by atoms with Crippen molar-refractivity contribution in [3.63, 3.8) is 0 Å². The van der Waals surface area contributed by atoms with Crippen LogP contribution in [0, 0.1) is 5.82 Å². The Morgan fingerprint density at radius 1 is 1.10 bits per heavy atom. The number of benzene rings is 1. The summed E-state index contributed by atoms with van der Waals surface area (Å²) in [5.74, 6) is 1.51. The van der Waals surface area contributed by atoms with Gasteiger partial charge in [0.05, 0.1) is 6.54 Å². The van der Waals surface area contributed by atoms with Crippen molar-refractivity contribution in [3.05, 3.63) is 59.5 Å². The van der Waals surface area contributed by atoms with E-state index in [0.717, 1.165) is 31.0 Å². The lowest BCUT2D eigenvalue weighted by Crippen LogP contribution is -2.37. The number of hydrogen-bond donors (Lipinski definition) is 2. The maximum atomic E-state index is 13.8. The van der Waals surface area contributed by atoms with E-state index in [1.54, 1.807) is 12.1 Å². The van der Waals surface area contributed by atoms with Gasteiger partial charge in [-0.25, -0.2) is 14.4 Å². The lowest BCUT2D eigenvalue weighted by molar-refractivity contribution is 0.604. The summed E-state index contributed by atoms with van der Waals surface area (Å²) in [6, 6.07) is 10.9.